The molecular formula is C17H21NO3. The van der Waals surface area contributed by atoms with E-state index in [4.69, 9.17) is 4.74 Å². The highest BCUT2D eigenvalue weighted by atomic mass is 16.6. The molecule has 1 aromatic rings. The van der Waals surface area contributed by atoms with Crippen molar-refractivity contribution in [1.29, 1.82) is 0 Å². The van der Waals surface area contributed by atoms with E-state index in [9.17, 15) is 9.59 Å². The van der Waals surface area contributed by atoms with Crippen molar-refractivity contribution in [2.24, 2.45) is 5.92 Å². The highest BCUT2D eigenvalue weighted by molar-refractivity contribution is 5.95. The second kappa shape index (κ2) is 5.88. The Bertz CT molecular complexity index is 528. The number of amides is 2. The lowest BCUT2D eigenvalue weighted by Crippen LogP contribution is -2.45. The van der Waals surface area contributed by atoms with Gasteiger partial charge in [0.2, 0.25) is 5.91 Å². The lowest BCUT2D eigenvalue weighted by Gasteiger charge is -2.28. The van der Waals surface area contributed by atoms with Gasteiger partial charge in [-0.25, -0.2) is 9.69 Å². The van der Waals surface area contributed by atoms with Crippen LogP contribution < -0.4 is 0 Å². The molecule has 1 heterocycles. The van der Waals surface area contributed by atoms with Crippen molar-refractivity contribution >= 4 is 12.0 Å². The van der Waals surface area contributed by atoms with Crippen LogP contribution in [-0.2, 0) is 16.0 Å². The fourth-order valence-corrected chi connectivity index (χ4v) is 3.38. The molecule has 1 saturated heterocycles. The number of hydrogen-bond acceptors (Lipinski definition) is 3. The molecule has 2 aliphatic rings. The smallest absolute Gasteiger partial charge is 0.417 e. The molecule has 0 radical (unpaired) electrons. The number of carbonyl (C=O) groups is 2. The molecule has 0 bridgehead atoms. The largest absolute Gasteiger partial charge is 0.444 e. The predicted octanol–water partition coefficient (Wildman–Crippen LogP) is 3.16. The van der Waals surface area contributed by atoms with E-state index in [0.717, 1.165) is 31.2 Å². The van der Waals surface area contributed by atoms with Gasteiger partial charge in [0.05, 0.1) is 6.04 Å². The van der Waals surface area contributed by atoms with Crippen LogP contribution in [0.4, 0.5) is 4.79 Å². The van der Waals surface area contributed by atoms with Gasteiger partial charge in [0.15, 0.2) is 0 Å². The summed E-state index contributed by atoms with van der Waals surface area (Å²) in [4.78, 5) is 26.0. The summed E-state index contributed by atoms with van der Waals surface area (Å²) in [5, 5.41) is 0. The zero-order chi connectivity index (χ0) is 14.8. The van der Waals surface area contributed by atoms with Crippen LogP contribution in [0, 0.1) is 5.92 Å². The van der Waals surface area contributed by atoms with Gasteiger partial charge in [-0.05, 0) is 31.2 Å². The molecule has 0 N–H and O–H groups in total. The Morgan fingerprint density at radius 3 is 2.76 bits per heavy atom. The minimum atomic E-state index is -0.447. The first-order valence-corrected chi connectivity index (χ1v) is 7.74. The number of hydrogen-bond donors (Lipinski definition) is 0. The van der Waals surface area contributed by atoms with Crippen LogP contribution in [-0.4, -0.2) is 29.0 Å². The average Bonchev–Trinajstić information content (AvgIpc) is 2.83. The molecule has 0 aromatic heterocycles. The summed E-state index contributed by atoms with van der Waals surface area (Å²) in [5.74, 6) is -0.307. The van der Waals surface area contributed by atoms with Gasteiger partial charge in [-0.3, -0.25) is 4.79 Å². The molecule has 4 heteroatoms. The first-order chi connectivity index (χ1) is 10.2. The van der Waals surface area contributed by atoms with Crippen molar-refractivity contribution in [2.45, 2.75) is 51.2 Å². The Balaban J connectivity index is 1.70. The lowest BCUT2D eigenvalue weighted by atomic mass is 9.91. The summed E-state index contributed by atoms with van der Waals surface area (Å²) >= 11 is 0. The first-order valence-electron chi connectivity index (χ1n) is 7.74. The fourth-order valence-electron chi connectivity index (χ4n) is 3.38. The molecular weight excluding hydrogens is 266 g/mol. The normalized spacial score (nSPS) is 26.1. The van der Waals surface area contributed by atoms with Crippen LogP contribution >= 0.6 is 0 Å². The van der Waals surface area contributed by atoms with Crippen LogP contribution in [0.15, 0.2) is 30.3 Å². The van der Waals surface area contributed by atoms with Crippen LogP contribution in [0.2, 0.25) is 0 Å². The Morgan fingerprint density at radius 2 is 2.00 bits per heavy atom. The van der Waals surface area contributed by atoms with Gasteiger partial charge < -0.3 is 4.74 Å². The van der Waals surface area contributed by atoms with Crippen molar-refractivity contribution in [2.75, 3.05) is 0 Å². The molecule has 4 nitrogen and oxygen atoms in total. The van der Waals surface area contributed by atoms with Crippen LogP contribution in [0.25, 0.3) is 0 Å². The second-order valence-electron chi connectivity index (χ2n) is 6.07. The third-order valence-corrected chi connectivity index (χ3v) is 4.49. The zero-order valence-corrected chi connectivity index (χ0v) is 12.3. The number of rotatable bonds is 3. The summed E-state index contributed by atoms with van der Waals surface area (Å²) in [6, 6.07) is 9.87. The first kappa shape index (κ1) is 14.1. The lowest BCUT2D eigenvalue weighted by molar-refractivity contribution is -0.133. The predicted molar refractivity (Wildman–Crippen MR) is 78.7 cm³/mol. The van der Waals surface area contributed by atoms with E-state index in [1.807, 2.05) is 37.3 Å². The topological polar surface area (TPSA) is 46.6 Å². The maximum absolute atomic E-state index is 12.6. The fraction of sp³-hybridized carbons (Fsp3) is 0.529. The van der Waals surface area contributed by atoms with E-state index in [-0.39, 0.29) is 24.0 Å². The minimum Gasteiger partial charge on any atom is -0.444 e. The van der Waals surface area contributed by atoms with Crippen LogP contribution in [0.1, 0.15) is 38.2 Å². The third-order valence-electron chi connectivity index (χ3n) is 4.49. The van der Waals surface area contributed by atoms with E-state index in [1.54, 1.807) is 0 Å². The second-order valence-corrected chi connectivity index (χ2v) is 6.07. The standard InChI is InChI=1S/C17H21NO3/c1-12(11-13-7-3-2-4-8-13)16(19)18-14-9-5-6-10-15(14)21-17(18)20/h2-4,7-8,12,14-15H,5-6,9-11H2,1H3/t12-,14-,15-/m0/s1. The number of ether oxygens (including phenoxy) is 1. The number of carbonyl (C=O) groups excluding carboxylic acids is 2. The molecule has 1 saturated carbocycles. The Kier molecular flexibility index (Phi) is 3.95. The minimum absolute atomic E-state index is 0.0445. The van der Waals surface area contributed by atoms with Gasteiger partial charge in [0.25, 0.3) is 0 Å². The molecule has 1 aromatic carbocycles. The summed E-state index contributed by atoms with van der Waals surface area (Å²) in [6.07, 6.45) is 4.02. The monoisotopic (exact) mass is 287 g/mol. The molecule has 0 spiro atoms. The molecule has 1 aliphatic heterocycles. The maximum atomic E-state index is 12.6. The summed E-state index contributed by atoms with van der Waals surface area (Å²) in [6.45, 7) is 1.89. The highest BCUT2D eigenvalue weighted by Gasteiger charge is 2.46. The molecule has 2 amide bonds. The number of nitrogens with zero attached hydrogens (tertiary/aromatic N) is 1. The van der Waals surface area contributed by atoms with E-state index >= 15 is 0 Å². The quantitative estimate of drug-likeness (QED) is 0.858. The molecule has 0 unspecified atom stereocenters. The third kappa shape index (κ3) is 2.80. The number of imide groups is 1. The van der Waals surface area contributed by atoms with E-state index < -0.39 is 6.09 Å². The van der Waals surface area contributed by atoms with Crippen LogP contribution in [0.3, 0.4) is 0 Å². The molecule has 21 heavy (non-hydrogen) atoms. The van der Waals surface area contributed by atoms with Crippen molar-refractivity contribution in [3.05, 3.63) is 35.9 Å². The van der Waals surface area contributed by atoms with Gasteiger partial charge in [-0.15, -0.1) is 0 Å². The van der Waals surface area contributed by atoms with Crippen LogP contribution in [0.5, 0.6) is 0 Å². The molecule has 3 atom stereocenters. The number of benzene rings is 1. The Morgan fingerprint density at radius 1 is 1.29 bits per heavy atom. The van der Waals surface area contributed by atoms with Crippen molar-refractivity contribution in [3.63, 3.8) is 0 Å². The SMILES string of the molecule is C[C@@H](Cc1ccccc1)C(=O)N1C(=O)O[C@H]2CCCC[C@@H]21. The van der Waals surface area contributed by atoms with Gasteiger partial charge in [0.1, 0.15) is 6.10 Å². The Hall–Kier alpha value is -1.84. The zero-order valence-electron chi connectivity index (χ0n) is 12.3. The van der Waals surface area contributed by atoms with Crippen molar-refractivity contribution in [1.82, 2.24) is 4.90 Å². The summed E-state index contributed by atoms with van der Waals surface area (Å²) in [5.41, 5.74) is 1.12. The molecule has 112 valence electrons. The summed E-state index contributed by atoms with van der Waals surface area (Å²) in [7, 11) is 0. The highest BCUT2D eigenvalue weighted by Crippen LogP contribution is 2.33. The van der Waals surface area contributed by atoms with Gasteiger partial charge >= 0.3 is 6.09 Å². The van der Waals surface area contributed by atoms with Gasteiger partial charge in [-0.2, -0.15) is 0 Å². The molecule has 1 aliphatic carbocycles. The maximum Gasteiger partial charge on any atom is 0.417 e. The van der Waals surface area contributed by atoms with E-state index in [0.29, 0.717) is 6.42 Å². The number of fused-ring (bicyclic) bond motifs is 1. The van der Waals surface area contributed by atoms with Crippen molar-refractivity contribution < 1.29 is 14.3 Å². The van der Waals surface area contributed by atoms with Crippen molar-refractivity contribution in [3.8, 4) is 0 Å². The van der Waals surface area contributed by atoms with E-state index in [1.165, 1.54) is 4.90 Å². The van der Waals surface area contributed by atoms with E-state index in [2.05, 4.69) is 0 Å². The molecule has 2 fully saturated rings. The average molecular weight is 287 g/mol. The van der Waals surface area contributed by atoms with Gasteiger partial charge in [-0.1, -0.05) is 43.7 Å². The molecule has 3 rings (SSSR count). The Labute approximate surface area is 125 Å². The summed E-state index contributed by atoms with van der Waals surface area (Å²) < 4.78 is 5.37. The van der Waals surface area contributed by atoms with Gasteiger partial charge in [0, 0.05) is 5.92 Å².